The Kier molecular flexibility index (Phi) is 4.35. The molecule has 0 saturated heterocycles. The Balaban J connectivity index is 2.29. The van der Waals surface area contributed by atoms with Gasteiger partial charge in [0.1, 0.15) is 0 Å². The Labute approximate surface area is 136 Å². The lowest BCUT2D eigenvalue weighted by atomic mass is 9.91. The molecule has 0 aliphatic carbocycles. The number of rotatable bonds is 2. The molecule has 0 radical (unpaired) electrons. The Morgan fingerprint density at radius 2 is 1.91 bits per heavy atom. The van der Waals surface area contributed by atoms with Crippen LogP contribution in [0, 0.1) is 0 Å². The first kappa shape index (κ1) is 15.6. The molecule has 1 aliphatic rings. The summed E-state index contributed by atoms with van der Waals surface area (Å²) in [5, 5.41) is 0. The highest BCUT2D eigenvalue weighted by Crippen LogP contribution is 2.43. The zero-order valence-corrected chi connectivity index (χ0v) is 13.8. The highest BCUT2D eigenvalue weighted by atomic mass is 16.6. The molecule has 1 aliphatic heterocycles. The predicted octanol–water partition coefficient (Wildman–Crippen LogP) is 3.28. The van der Waals surface area contributed by atoms with E-state index in [1.54, 1.807) is 7.11 Å². The molecule has 0 amide bonds. The van der Waals surface area contributed by atoms with Crippen LogP contribution in [0.15, 0.2) is 36.4 Å². The number of likely N-dealkylation sites (N-methyl/N-ethyl adjacent to an activating group) is 1. The molecule has 2 aromatic rings. The third-order valence-corrected chi connectivity index (χ3v) is 4.16. The van der Waals surface area contributed by atoms with Crippen molar-refractivity contribution in [2.75, 3.05) is 20.7 Å². The average Bonchev–Trinajstić information content (AvgIpc) is 2.52. The van der Waals surface area contributed by atoms with Crippen molar-refractivity contribution in [2.45, 2.75) is 19.9 Å². The number of fused-ring (bicyclic) bond motifs is 3. The first-order valence-electron chi connectivity index (χ1n) is 7.75. The van der Waals surface area contributed by atoms with Gasteiger partial charge in [-0.05, 0) is 36.2 Å². The van der Waals surface area contributed by atoms with Gasteiger partial charge in [0, 0.05) is 25.6 Å². The molecule has 4 heteroatoms. The maximum atomic E-state index is 11.6. The molecule has 1 heterocycles. The van der Waals surface area contributed by atoms with Gasteiger partial charge in [0.2, 0.25) is 0 Å². The van der Waals surface area contributed by atoms with Gasteiger partial charge in [-0.25, -0.2) is 0 Å². The number of carbonyl (C=O) groups excluding carboxylic acids is 1. The maximum absolute atomic E-state index is 11.6. The Bertz CT molecular complexity index is 739. The molecule has 2 aromatic carbocycles. The van der Waals surface area contributed by atoms with Gasteiger partial charge < -0.3 is 14.4 Å². The van der Waals surface area contributed by atoms with Gasteiger partial charge >= 0.3 is 5.97 Å². The first-order chi connectivity index (χ1) is 11.1. The van der Waals surface area contributed by atoms with E-state index in [-0.39, 0.29) is 5.97 Å². The van der Waals surface area contributed by atoms with Crippen molar-refractivity contribution < 1.29 is 14.3 Å². The molecular formula is C19H21NO3. The fraction of sp³-hybridized carbons (Fsp3) is 0.316. The molecule has 0 bridgehead atoms. The Hall–Kier alpha value is -2.33. The summed E-state index contributed by atoms with van der Waals surface area (Å²) in [6.07, 6.45) is 0.961. The van der Waals surface area contributed by atoms with Gasteiger partial charge in [0.05, 0.1) is 7.11 Å². The summed E-state index contributed by atoms with van der Waals surface area (Å²) in [7, 11) is 3.70. The fourth-order valence-electron chi connectivity index (χ4n) is 3.10. The molecule has 0 spiro atoms. The van der Waals surface area contributed by atoms with Crippen LogP contribution in [0.3, 0.4) is 0 Å². The molecule has 0 atom stereocenters. The third-order valence-electron chi connectivity index (χ3n) is 4.16. The lowest BCUT2D eigenvalue weighted by Gasteiger charge is -2.26. The minimum atomic E-state index is -0.343. The molecule has 0 fully saturated rings. The van der Waals surface area contributed by atoms with Crippen LogP contribution in [0.5, 0.6) is 11.5 Å². The van der Waals surface area contributed by atoms with Crippen molar-refractivity contribution in [1.82, 2.24) is 4.90 Å². The van der Waals surface area contributed by atoms with Crippen LogP contribution in [-0.2, 0) is 17.8 Å². The fourth-order valence-corrected chi connectivity index (χ4v) is 3.10. The van der Waals surface area contributed by atoms with Gasteiger partial charge in [0.25, 0.3) is 0 Å². The number of hydrogen-bond acceptors (Lipinski definition) is 4. The van der Waals surface area contributed by atoms with Crippen LogP contribution in [-0.4, -0.2) is 31.6 Å². The molecule has 120 valence electrons. The molecular weight excluding hydrogens is 290 g/mol. The zero-order valence-electron chi connectivity index (χ0n) is 13.8. The van der Waals surface area contributed by atoms with E-state index in [1.807, 2.05) is 18.2 Å². The third kappa shape index (κ3) is 3.08. The second-order valence-electron chi connectivity index (χ2n) is 5.87. The lowest BCUT2D eigenvalue weighted by molar-refractivity contribution is -0.131. The number of methoxy groups -OCH3 is 1. The van der Waals surface area contributed by atoms with Gasteiger partial charge in [0.15, 0.2) is 11.5 Å². The number of ether oxygens (including phenoxy) is 2. The molecule has 0 saturated carbocycles. The second kappa shape index (κ2) is 6.42. The highest BCUT2D eigenvalue weighted by Gasteiger charge is 2.23. The van der Waals surface area contributed by atoms with E-state index < -0.39 is 0 Å². The summed E-state index contributed by atoms with van der Waals surface area (Å²) in [5.74, 6) is 0.752. The quantitative estimate of drug-likeness (QED) is 0.630. The van der Waals surface area contributed by atoms with E-state index in [2.05, 4.69) is 30.1 Å². The number of carbonyl (C=O) groups is 1. The van der Waals surface area contributed by atoms with Crippen LogP contribution in [0.25, 0.3) is 11.1 Å². The predicted molar refractivity (Wildman–Crippen MR) is 89.8 cm³/mol. The number of hydrogen-bond donors (Lipinski definition) is 0. The number of esters is 1. The van der Waals surface area contributed by atoms with Crippen LogP contribution < -0.4 is 9.47 Å². The summed E-state index contributed by atoms with van der Waals surface area (Å²) in [5.41, 5.74) is 4.46. The molecule has 0 aromatic heterocycles. The maximum Gasteiger partial charge on any atom is 0.308 e. The van der Waals surface area contributed by atoms with E-state index in [0.29, 0.717) is 11.5 Å². The molecule has 23 heavy (non-hydrogen) atoms. The van der Waals surface area contributed by atoms with Crippen LogP contribution in [0.4, 0.5) is 0 Å². The minimum absolute atomic E-state index is 0.343. The SMILES string of the molecule is COc1ccc2c(c1OC(C)=O)-c1ccccc1CCN(C)C2. The lowest BCUT2D eigenvalue weighted by Crippen LogP contribution is -2.23. The Morgan fingerprint density at radius 3 is 2.65 bits per heavy atom. The normalized spacial score (nSPS) is 14.2. The summed E-state index contributed by atoms with van der Waals surface area (Å²) >= 11 is 0. The monoisotopic (exact) mass is 311 g/mol. The van der Waals surface area contributed by atoms with Crippen molar-refractivity contribution >= 4 is 5.97 Å². The minimum Gasteiger partial charge on any atom is -0.493 e. The Morgan fingerprint density at radius 1 is 1.13 bits per heavy atom. The van der Waals surface area contributed by atoms with Crippen LogP contribution in [0.2, 0.25) is 0 Å². The first-order valence-corrected chi connectivity index (χ1v) is 7.75. The van der Waals surface area contributed by atoms with E-state index in [4.69, 9.17) is 9.47 Å². The number of benzene rings is 2. The summed E-state index contributed by atoms with van der Waals surface area (Å²) in [6.45, 7) is 3.22. The van der Waals surface area contributed by atoms with Crippen LogP contribution in [0.1, 0.15) is 18.1 Å². The smallest absolute Gasteiger partial charge is 0.308 e. The molecule has 3 rings (SSSR count). The summed E-state index contributed by atoms with van der Waals surface area (Å²) in [6, 6.07) is 12.2. The second-order valence-corrected chi connectivity index (χ2v) is 5.87. The van der Waals surface area contributed by atoms with Crippen molar-refractivity contribution in [3.05, 3.63) is 47.5 Å². The van der Waals surface area contributed by atoms with E-state index >= 15 is 0 Å². The van der Waals surface area contributed by atoms with Crippen LogP contribution >= 0.6 is 0 Å². The van der Waals surface area contributed by atoms with Gasteiger partial charge in [-0.3, -0.25) is 4.79 Å². The molecule has 4 nitrogen and oxygen atoms in total. The van der Waals surface area contributed by atoms with Crippen molar-refractivity contribution in [1.29, 1.82) is 0 Å². The van der Waals surface area contributed by atoms with Crippen molar-refractivity contribution in [3.63, 3.8) is 0 Å². The largest absolute Gasteiger partial charge is 0.493 e. The van der Waals surface area contributed by atoms with Crippen molar-refractivity contribution in [3.8, 4) is 22.6 Å². The van der Waals surface area contributed by atoms with Gasteiger partial charge in [-0.15, -0.1) is 0 Å². The van der Waals surface area contributed by atoms with E-state index in [9.17, 15) is 4.79 Å². The molecule has 0 N–H and O–H groups in total. The van der Waals surface area contributed by atoms with E-state index in [1.165, 1.54) is 12.5 Å². The highest BCUT2D eigenvalue weighted by molar-refractivity contribution is 5.83. The summed E-state index contributed by atoms with van der Waals surface area (Å²) in [4.78, 5) is 13.9. The van der Waals surface area contributed by atoms with Gasteiger partial charge in [-0.1, -0.05) is 30.3 Å². The zero-order chi connectivity index (χ0) is 16.4. The molecule has 0 unspecified atom stereocenters. The average molecular weight is 311 g/mol. The summed E-state index contributed by atoms with van der Waals surface area (Å²) < 4.78 is 11.0. The number of nitrogens with zero attached hydrogens (tertiary/aromatic N) is 1. The topological polar surface area (TPSA) is 38.8 Å². The van der Waals surface area contributed by atoms with E-state index in [0.717, 1.165) is 36.2 Å². The standard InChI is InChI=1S/C19H21NO3/c1-13(21)23-19-17(22-3)9-8-15-12-20(2)11-10-14-6-4-5-7-16(14)18(15)19/h4-9H,10-12H2,1-3H3. The van der Waals surface area contributed by atoms with Crippen molar-refractivity contribution in [2.24, 2.45) is 0 Å². The van der Waals surface area contributed by atoms with Gasteiger partial charge in [-0.2, -0.15) is 0 Å².